The monoisotopic (exact) mass is 455 g/mol. The summed E-state index contributed by atoms with van der Waals surface area (Å²) in [6.07, 6.45) is 2.79. The maximum Gasteiger partial charge on any atom is 0.344 e. The number of carbonyl (C=O) groups is 2. The van der Waals surface area contributed by atoms with Gasteiger partial charge in [-0.15, -0.1) is 11.8 Å². The van der Waals surface area contributed by atoms with E-state index in [1.165, 1.54) is 5.56 Å². The minimum Gasteiger partial charge on any atom is -0.481 e. The summed E-state index contributed by atoms with van der Waals surface area (Å²) in [6.45, 7) is 9.04. The summed E-state index contributed by atoms with van der Waals surface area (Å²) < 4.78 is 10.8. The van der Waals surface area contributed by atoms with Gasteiger partial charge in [-0.1, -0.05) is 36.4 Å². The molecule has 5 nitrogen and oxygen atoms in total. The van der Waals surface area contributed by atoms with Gasteiger partial charge in [-0.05, 0) is 63.5 Å². The fourth-order valence-electron chi connectivity index (χ4n) is 3.18. The molecule has 0 aromatic heterocycles. The predicted molar refractivity (Wildman–Crippen MR) is 131 cm³/mol. The Morgan fingerprint density at radius 2 is 1.75 bits per heavy atom. The molecule has 0 radical (unpaired) electrons. The second kappa shape index (κ2) is 13.6. The van der Waals surface area contributed by atoms with Crippen LogP contribution >= 0.6 is 11.8 Å². The molecule has 0 bridgehead atoms. The zero-order chi connectivity index (χ0) is 23.3. The largest absolute Gasteiger partial charge is 0.481 e. The van der Waals surface area contributed by atoms with Gasteiger partial charge < -0.3 is 14.4 Å². The summed E-state index contributed by atoms with van der Waals surface area (Å²) in [4.78, 5) is 27.1. The van der Waals surface area contributed by atoms with Crippen LogP contribution in [0.2, 0.25) is 0 Å². The highest BCUT2D eigenvalue weighted by Crippen LogP contribution is 2.32. The molecule has 0 aliphatic carbocycles. The average Bonchev–Trinajstić information content (AvgIpc) is 2.80. The van der Waals surface area contributed by atoms with Gasteiger partial charge in [0.25, 0.3) is 0 Å². The molecule has 0 aliphatic heterocycles. The van der Waals surface area contributed by atoms with Crippen molar-refractivity contribution in [2.75, 3.05) is 32.1 Å². The third-order valence-corrected chi connectivity index (χ3v) is 5.94. The van der Waals surface area contributed by atoms with Crippen LogP contribution in [0.3, 0.4) is 0 Å². The molecule has 0 heterocycles. The molecular formula is C26H33NO4S. The van der Waals surface area contributed by atoms with Gasteiger partial charge in [0.15, 0.2) is 6.61 Å². The molecule has 0 fully saturated rings. The maximum absolute atomic E-state index is 12.6. The zero-order valence-electron chi connectivity index (χ0n) is 19.4. The van der Waals surface area contributed by atoms with E-state index in [0.717, 1.165) is 22.6 Å². The van der Waals surface area contributed by atoms with Crippen molar-refractivity contribution in [3.63, 3.8) is 0 Å². The quantitative estimate of drug-likeness (QED) is 0.249. The van der Waals surface area contributed by atoms with E-state index in [9.17, 15) is 9.59 Å². The summed E-state index contributed by atoms with van der Waals surface area (Å²) in [6, 6.07) is 16.1. The Hall–Kier alpha value is -2.73. The second-order valence-electron chi connectivity index (χ2n) is 7.19. The molecule has 2 rings (SSSR count). The highest BCUT2D eigenvalue weighted by atomic mass is 32.2. The second-order valence-corrected chi connectivity index (χ2v) is 8.33. The number of benzene rings is 2. The number of thioether (sulfide) groups is 1. The van der Waals surface area contributed by atoms with Crippen molar-refractivity contribution in [2.24, 2.45) is 0 Å². The molecule has 172 valence electrons. The highest BCUT2D eigenvalue weighted by molar-refractivity contribution is 7.99. The number of esters is 1. The van der Waals surface area contributed by atoms with Gasteiger partial charge >= 0.3 is 5.97 Å². The molecule has 0 saturated carbocycles. The maximum atomic E-state index is 12.6. The molecule has 0 aliphatic rings. The molecule has 0 N–H and O–H groups in total. The third kappa shape index (κ3) is 8.08. The highest BCUT2D eigenvalue weighted by Gasteiger charge is 2.13. The first-order chi connectivity index (χ1) is 15.5. The normalized spacial score (nSPS) is 11.2. The summed E-state index contributed by atoms with van der Waals surface area (Å²) in [5.41, 5.74) is 2.79. The van der Waals surface area contributed by atoms with E-state index in [-0.39, 0.29) is 12.5 Å². The van der Waals surface area contributed by atoms with E-state index in [1.807, 2.05) is 63.2 Å². The minimum atomic E-state index is -0.401. The molecule has 6 heteroatoms. The molecule has 0 atom stereocenters. The number of nitrogens with zero attached hydrogens (tertiary/aromatic N) is 1. The van der Waals surface area contributed by atoms with Crippen molar-refractivity contribution >= 4 is 29.7 Å². The summed E-state index contributed by atoms with van der Waals surface area (Å²) in [5, 5.41) is 0. The standard InChI is InChI=1S/C26H33NO4S/c1-5-27(6-2)26(29)20(4)17-22-13-14-24(23(18-22)31-19-25(28)30-7-3)32-16-15-21-11-9-8-10-12-21/h8-14,17-18H,5-7,15-16,19H2,1-4H3/b20-17-. The van der Waals surface area contributed by atoms with Crippen molar-refractivity contribution in [1.29, 1.82) is 0 Å². The van der Waals surface area contributed by atoms with Gasteiger partial charge in [0, 0.05) is 29.3 Å². The van der Waals surface area contributed by atoms with Gasteiger partial charge in [0.05, 0.1) is 6.61 Å². The van der Waals surface area contributed by atoms with Gasteiger partial charge in [-0.25, -0.2) is 4.79 Å². The fourth-order valence-corrected chi connectivity index (χ4v) is 4.16. The first-order valence-electron chi connectivity index (χ1n) is 11.0. The number of hydrogen-bond donors (Lipinski definition) is 0. The number of ether oxygens (including phenoxy) is 2. The Bertz CT molecular complexity index is 907. The van der Waals surface area contributed by atoms with Crippen molar-refractivity contribution in [1.82, 2.24) is 4.90 Å². The predicted octanol–water partition coefficient (Wildman–Crippen LogP) is 5.24. The van der Waals surface area contributed by atoms with Crippen LogP contribution in [-0.2, 0) is 20.7 Å². The van der Waals surface area contributed by atoms with Crippen molar-refractivity contribution in [2.45, 2.75) is 39.0 Å². The first kappa shape index (κ1) is 25.5. The van der Waals surface area contributed by atoms with E-state index < -0.39 is 5.97 Å². The Balaban J connectivity index is 2.18. The summed E-state index contributed by atoms with van der Waals surface area (Å²) >= 11 is 1.68. The number of amides is 1. The van der Waals surface area contributed by atoms with Crippen LogP contribution in [0, 0.1) is 0 Å². The minimum absolute atomic E-state index is 0.0188. The van der Waals surface area contributed by atoms with E-state index in [0.29, 0.717) is 31.0 Å². The van der Waals surface area contributed by atoms with Crippen LogP contribution in [0.15, 0.2) is 59.0 Å². The lowest BCUT2D eigenvalue weighted by molar-refractivity contribution is -0.145. The SMILES string of the molecule is CCOC(=O)COc1cc(/C=C(/C)C(=O)N(CC)CC)ccc1SCCc1ccccc1. The van der Waals surface area contributed by atoms with Gasteiger partial charge in [0.1, 0.15) is 5.75 Å². The van der Waals surface area contributed by atoms with Crippen LogP contribution < -0.4 is 4.74 Å². The van der Waals surface area contributed by atoms with Crippen molar-refractivity contribution in [3.8, 4) is 5.75 Å². The van der Waals surface area contributed by atoms with E-state index in [2.05, 4.69) is 12.1 Å². The summed E-state index contributed by atoms with van der Waals surface area (Å²) in [5.74, 6) is 1.12. The molecule has 2 aromatic rings. The third-order valence-electron chi connectivity index (χ3n) is 4.88. The molecule has 32 heavy (non-hydrogen) atoms. The molecule has 2 aromatic carbocycles. The van der Waals surface area contributed by atoms with Crippen molar-refractivity contribution in [3.05, 3.63) is 65.2 Å². The van der Waals surface area contributed by atoms with E-state index in [4.69, 9.17) is 9.47 Å². The number of rotatable bonds is 12. The zero-order valence-corrected chi connectivity index (χ0v) is 20.2. The lowest BCUT2D eigenvalue weighted by Crippen LogP contribution is -2.30. The average molecular weight is 456 g/mol. The van der Waals surface area contributed by atoms with Gasteiger partial charge in [-0.3, -0.25) is 4.79 Å². The topological polar surface area (TPSA) is 55.8 Å². The number of likely N-dealkylation sites (N-methyl/N-ethyl adjacent to an activating group) is 1. The van der Waals surface area contributed by atoms with Crippen LogP contribution in [0.25, 0.3) is 6.08 Å². The molecule has 1 amide bonds. The van der Waals surface area contributed by atoms with Gasteiger partial charge in [-0.2, -0.15) is 0 Å². The first-order valence-corrected chi connectivity index (χ1v) is 12.0. The van der Waals surface area contributed by atoms with E-state index >= 15 is 0 Å². The Kier molecular flexibility index (Phi) is 10.9. The number of aryl methyl sites for hydroxylation is 1. The van der Waals surface area contributed by atoms with Crippen LogP contribution in [0.4, 0.5) is 0 Å². The lowest BCUT2D eigenvalue weighted by Gasteiger charge is -2.19. The van der Waals surface area contributed by atoms with E-state index in [1.54, 1.807) is 23.6 Å². The Morgan fingerprint density at radius 1 is 1.03 bits per heavy atom. The lowest BCUT2D eigenvalue weighted by atomic mass is 10.1. The molecule has 0 unspecified atom stereocenters. The van der Waals surface area contributed by atoms with Gasteiger partial charge in [0.2, 0.25) is 5.91 Å². The van der Waals surface area contributed by atoms with Crippen LogP contribution in [0.1, 0.15) is 38.8 Å². The van der Waals surface area contributed by atoms with Crippen LogP contribution in [0.5, 0.6) is 5.75 Å². The fraction of sp³-hybridized carbons (Fsp3) is 0.385. The molecule has 0 spiro atoms. The smallest absolute Gasteiger partial charge is 0.344 e. The number of carbonyl (C=O) groups excluding carboxylic acids is 2. The Labute approximate surface area is 195 Å². The molecule has 0 saturated heterocycles. The van der Waals surface area contributed by atoms with Crippen molar-refractivity contribution < 1.29 is 19.1 Å². The Morgan fingerprint density at radius 3 is 2.41 bits per heavy atom. The summed E-state index contributed by atoms with van der Waals surface area (Å²) in [7, 11) is 0. The number of hydrogen-bond acceptors (Lipinski definition) is 5. The van der Waals surface area contributed by atoms with Crippen LogP contribution in [-0.4, -0.2) is 48.8 Å². The molecular weight excluding hydrogens is 422 g/mol.